The van der Waals surface area contributed by atoms with E-state index >= 15 is 0 Å². The van der Waals surface area contributed by atoms with Gasteiger partial charge in [-0.25, -0.2) is 15.0 Å². The van der Waals surface area contributed by atoms with Crippen LogP contribution in [0.5, 0.6) is 0 Å². The number of rotatable bonds is 5. The highest BCUT2D eigenvalue weighted by molar-refractivity contribution is 6.09. The van der Waals surface area contributed by atoms with Crippen LogP contribution in [0, 0.1) is 0 Å². The van der Waals surface area contributed by atoms with Crippen molar-refractivity contribution in [3.05, 3.63) is 158 Å². The zero-order chi connectivity index (χ0) is 33.8. The van der Waals surface area contributed by atoms with E-state index in [-0.39, 0.29) is 58.1 Å². The first kappa shape index (κ1) is 19.3. The van der Waals surface area contributed by atoms with Gasteiger partial charge in [0.2, 0.25) is 0 Å². The van der Waals surface area contributed by atoms with Gasteiger partial charge in [0.15, 0.2) is 17.5 Å². The van der Waals surface area contributed by atoms with Crippen LogP contribution in [0.3, 0.4) is 0 Å². The Kier molecular flexibility index (Phi) is 4.71. The van der Waals surface area contributed by atoms with Crippen LogP contribution in [0.15, 0.2) is 158 Å². The number of fused-ring (bicyclic) bond motifs is 3. The second-order valence-corrected chi connectivity index (χ2v) is 10.0. The monoisotopic (exact) mass is 556 g/mol. The van der Waals surface area contributed by atoms with Crippen molar-refractivity contribution < 1.29 is 8.22 Å². The number of aromatic nitrogens is 4. The molecular formula is C39H26N4. The van der Waals surface area contributed by atoms with E-state index in [4.69, 9.17) is 23.2 Å². The van der Waals surface area contributed by atoms with Crippen molar-refractivity contribution in [2.24, 2.45) is 0 Å². The summed E-state index contributed by atoms with van der Waals surface area (Å²) in [6.45, 7) is 0. The second kappa shape index (κ2) is 10.5. The minimum atomic E-state index is -0.174. The molecule has 0 amide bonds. The fraction of sp³-hybridized carbons (Fsp3) is 0. The molecule has 8 rings (SSSR count). The number of nitrogens with zero attached hydrogens (tertiary/aromatic N) is 4. The summed E-state index contributed by atoms with van der Waals surface area (Å²) in [7, 11) is 0. The van der Waals surface area contributed by atoms with E-state index < -0.39 is 0 Å². The maximum atomic E-state index is 9.07. The molecule has 2 aromatic heterocycles. The minimum absolute atomic E-state index is 0.0424. The van der Waals surface area contributed by atoms with Crippen LogP contribution in [0.1, 0.15) is 8.22 Å². The van der Waals surface area contributed by atoms with Gasteiger partial charge in [-0.1, -0.05) is 133 Å². The number of para-hydroxylation sites is 2. The van der Waals surface area contributed by atoms with Gasteiger partial charge in [-0.3, -0.25) is 0 Å². The molecule has 0 atom stereocenters. The lowest BCUT2D eigenvalue weighted by atomic mass is 10.0. The summed E-state index contributed by atoms with van der Waals surface area (Å²) in [5.41, 5.74) is 4.98. The quantitative estimate of drug-likeness (QED) is 0.212. The van der Waals surface area contributed by atoms with E-state index in [0.29, 0.717) is 28.7 Å². The first-order chi connectivity index (χ1) is 23.8. The number of hydrogen-bond donors (Lipinski definition) is 0. The SMILES string of the molecule is [2H]c1cc([2H])c2c(c1[2H])c1c([2H])c([2H])cc([2H])c1n2-c1cc(-c2ccccc2)ccc1-c1nc(-c2ccccc2)nc(-c2ccccc2)n1. The third-order valence-electron chi connectivity index (χ3n) is 7.41. The molecule has 0 unspecified atom stereocenters. The molecule has 0 aliphatic heterocycles. The third-order valence-corrected chi connectivity index (χ3v) is 7.41. The van der Waals surface area contributed by atoms with E-state index in [2.05, 4.69) is 0 Å². The van der Waals surface area contributed by atoms with Gasteiger partial charge in [0, 0.05) is 27.5 Å². The molecular weight excluding hydrogens is 524 g/mol. The van der Waals surface area contributed by atoms with Crippen molar-refractivity contribution >= 4 is 21.8 Å². The fourth-order valence-electron chi connectivity index (χ4n) is 5.40. The van der Waals surface area contributed by atoms with E-state index in [9.17, 15) is 0 Å². The van der Waals surface area contributed by atoms with Gasteiger partial charge in [0.05, 0.1) is 24.9 Å². The predicted octanol–water partition coefficient (Wildman–Crippen LogP) is 9.64. The van der Waals surface area contributed by atoms with Crippen LogP contribution >= 0.6 is 0 Å². The van der Waals surface area contributed by atoms with Crippen molar-refractivity contribution in [2.75, 3.05) is 0 Å². The van der Waals surface area contributed by atoms with Crippen molar-refractivity contribution in [2.45, 2.75) is 0 Å². The highest BCUT2D eigenvalue weighted by Gasteiger charge is 2.20. The molecule has 4 nitrogen and oxygen atoms in total. The van der Waals surface area contributed by atoms with Crippen molar-refractivity contribution in [3.8, 4) is 51.0 Å². The molecule has 0 saturated heterocycles. The summed E-state index contributed by atoms with van der Waals surface area (Å²) in [6.07, 6.45) is 0. The first-order valence-electron chi connectivity index (χ1n) is 16.9. The Labute approximate surface area is 258 Å². The average molecular weight is 557 g/mol. The van der Waals surface area contributed by atoms with Gasteiger partial charge in [-0.05, 0) is 35.3 Å². The lowest BCUT2D eigenvalue weighted by Gasteiger charge is -2.16. The normalized spacial score (nSPS) is 13.2. The molecule has 2 heterocycles. The number of benzene rings is 6. The summed E-state index contributed by atoms with van der Waals surface area (Å²) >= 11 is 0. The lowest BCUT2D eigenvalue weighted by Crippen LogP contribution is -2.04. The Morgan fingerprint density at radius 2 is 0.930 bits per heavy atom. The van der Waals surface area contributed by atoms with Gasteiger partial charge in [-0.2, -0.15) is 0 Å². The molecule has 43 heavy (non-hydrogen) atoms. The molecule has 0 aliphatic rings. The van der Waals surface area contributed by atoms with Crippen LogP contribution < -0.4 is 0 Å². The summed E-state index contributed by atoms with van der Waals surface area (Å²) in [5, 5.41) is 0.364. The average Bonchev–Trinajstić information content (AvgIpc) is 3.51. The van der Waals surface area contributed by atoms with Gasteiger partial charge >= 0.3 is 0 Å². The fourth-order valence-corrected chi connectivity index (χ4v) is 5.40. The summed E-state index contributed by atoms with van der Waals surface area (Å²) in [6, 6.07) is 36.7. The molecule has 0 spiro atoms. The van der Waals surface area contributed by atoms with Crippen molar-refractivity contribution in [1.29, 1.82) is 0 Å². The maximum absolute atomic E-state index is 9.07. The zero-order valence-electron chi connectivity index (χ0n) is 28.8. The van der Waals surface area contributed by atoms with E-state index in [1.165, 1.54) is 12.1 Å². The molecule has 0 radical (unpaired) electrons. The molecule has 0 bridgehead atoms. The highest BCUT2D eigenvalue weighted by atomic mass is 15.1. The van der Waals surface area contributed by atoms with E-state index in [0.717, 1.165) is 22.3 Å². The van der Waals surface area contributed by atoms with Gasteiger partial charge in [-0.15, -0.1) is 0 Å². The smallest absolute Gasteiger partial charge is 0.166 e. The molecule has 0 saturated carbocycles. The zero-order valence-corrected chi connectivity index (χ0v) is 22.8. The standard InChI is InChI=1S/C39H26N4/c1-4-14-27(15-5-1)30-24-25-33(36(26-30)43-34-22-12-10-20-31(34)32-21-11-13-23-35(32)43)39-41-37(28-16-6-2-7-17-28)40-38(42-39)29-18-8-3-9-19-29/h1-26H/i10D,11D,20D,21D,22D,23D. The van der Waals surface area contributed by atoms with Crippen LogP contribution in [-0.4, -0.2) is 19.5 Å². The Hall–Kier alpha value is -5.87. The predicted molar refractivity (Wildman–Crippen MR) is 176 cm³/mol. The highest BCUT2D eigenvalue weighted by Crippen LogP contribution is 2.38. The lowest BCUT2D eigenvalue weighted by molar-refractivity contribution is 1.06. The van der Waals surface area contributed by atoms with Gasteiger partial charge in [0.1, 0.15) is 0 Å². The number of hydrogen-bond acceptors (Lipinski definition) is 3. The second-order valence-electron chi connectivity index (χ2n) is 10.0. The topological polar surface area (TPSA) is 43.6 Å². The van der Waals surface area contributed by atoms with Crippen LogP contribution in [0.2, 0.25) is 0 Å². The maximum Gasteiger partial charge on any atom is 0.166 e. The van der Waals surface area contributed by atoms with Crippen molar-refractivity contribution in [1.82, 2.24) is 19.5 Å². The molecule has 0 aliphatic carbocycles. The van der Waals surface area contributed by atoms with Crippen molar-refractivity contribution in [3.63, 3.8) is 0 Å². The Morgan fingerprint density at radius 1 is 0.442 bits per heavy atom. The first-order valence-corrected chi connectivity index (χ1v) is 13.9. The van der Waals surface area contributed by atoms with Gasteiger partial charge in [0.25, 0.3) is 0 Å². The van der Waals surface area contributed by atoms with E-state index in [1.54, 1.807) is 4.57 Å². The summed E-state index contributed by atoms with van der Waals surface area (Å²) in [4.78, 5) is 14.8. The Morgan fingerprint density at radius 3 is 1.47 bits per heavy atom. The van der Waals surface area contributed by atoms with E-state index in [1.807, 2.05) is 109 Å². The largest absolute Gasteiger partial charge is 0.308 e. The van der Waals surface area contributed by atoms with Crippen LogP contribution in [0.25, 0.3) is 72.8 Å². The third kappa shape index (κ3) is 4.46. The molecule has 6 aromatic carbocycles. The Balaban J connectivity index is 1.53. The molecule has 202 valence electrons. The molecule has 0 N–H and O–H groups in total. The summed E-state index contributed by atoms with van der Waals surface area (Å²) < 4.78 is 54.5. The van der Waals surface area contributed by atoms with Crippen LogP contribution in [0.4, 0.5) is 0 Å². The van der Waals surface area contributed by atoms with Gasteiger partial charge < -0.3 is 4.57 Å². The molecule has 4 heteroatoms. The van der Waals surface area contributed by atoms with Crippen LogP contribution in [-0.2, 0) is 0 Å². The molecule has 0 fully saturated rings. The minimum Gasteiger partial charge on any atom is -0.308 e. The Bertz CT molecular complexity index is 2430. The summed E-state index contributed by atoms with van der Waals surface area (Å²) in [5.74, 6) is 1.28. The molecule has 8 aromatic rings.